The van der Waals surface area contributed by atoms with Crippen molar-refractivity contribution in [3.8, 4) is 5.75 Å². The van der Waals surface area contributed by atoms with Gasteiger partial charge in [0, 0.05) is 16.3 Å². The first kappa shape index (κ1) is 19.4. The molecule has 0 spiro atoms. The van der Waals surface area contributed by atoms with E-state index in [1.54, 1.807) is 50.4 Å². The molecule has 28 heavy (non-hydrogen) atoms. The van der Waals surface area contributed by atoms with Crippen LogP contribution in [-0.4, -0.2) is 25.3 Å². The summed E-state index contributed by atoms with van der Waals surface area (Å²) in [6.07, 6.45) is 1.47. The molecule has 2 aromatic rings. The van der Waals surface area contributed by atoms with E-state index in [0.717, 1.165) is 5.56 Å². The van der Waals surface area contributed by atoms with Crippen LogP contribution in [0.2, 0.25) is 5.02 Å². The molecule has 3 amide bonds. The van der Waals surface area contributed by atoms with E-state index >= 15 is 0 Å². The van der Waals surface area contributed by atoms with Gasteiger partial charge in [0.05, 0.1) is 24.9 Å². The third-order valence-corrected chi connectivity index (χ3v) is 4.58. The van der Waals surface area contributed by atoms with Crippen molar-refractivity contribution in [3.05, 3.63) is 76.0 Å². The minimum Gasteiger partial charge on any atom is -0.497 e. The number of urea groups is 1. The van der Waals surface area contributed by atoms with Gasteiger partial charge in [-0.25, -0.2) is 10.2 Å². The lowest BCUT2D eigenvalue weighted by atomic mass is 9.95. The van der Waals surface area contributed by atoms with Gasteiger partial charge in [0.15, 0.2) is 0 Å². The molecule has 0 aliphatic carbocycles. The first-order valence-corrected chi connectivity index (χ1v) is 8.87. The number of carbonyl (C=O) groups excluding carboxylic acids is 2. The van der Waals surface area contributed by atoms with Crippen LogP contribution in [0.5, 0.6) is 5.75 Å². The summed E-state index contributed by atoms with van der Waals surface area (Å²) in [5, 5.41) is 9.90. The third kappa shape index (κ3) is 4.32. The molecule has 0 bridgehead atoms. The lowest BCUT2D eigenvalue weighted by Gasteiger charge is -2.28. The van der Waals surface area contributed by atoms with Gasteiger partial charge in [0.1, 0.15) is 5.75 Å². The minimum atomic E-state index is -0.616. The van der Waals surface area contributed by atoms with E-state index in [9.17, 15) is 9.59 Å². The number of hydrogen-bond acceptors (Lipinski definition) is 4. The zero-order valence-corrected chi connectivity index (χ0v) is 16.1. The van der Waals surface area contributed by atoms with E-state index in [1.165, 1.54) is 6.21 Å². The molecule has 1 heterocycles. The molecule has 7 nitrogen and oxygen atoms in total. The van der Waals surface area contributed by atoms with Gasteiger partial charge in [-0.15, -0.1) is 0 Å². The summed E-state index contributed by atoms with van der Waals surface area (Å²) in [5.41, 5.74) is 4.73. The largest absolute Gasteiger partial charge is 0.497 e. The van der Waals surface area contributed by atoms with Crippen LogP contribution in [0.3, 0.4) is 0 Å². The zero-order chi connectivity index (χ0) is 20.1. The van der Waals surface area contributed by atoms with Crippen LogP contribution in [0.15, 0.2) is 64.9 Å². The maximum atomic E-state index is 12.8. The van der Waals surface area contributed by atoms with Crippen molar-refractivity contribution in [1.29, 1.82) is 0 Å². The number of carbonyl (C=O) groups is 2. The molecule has 1 aliphatic rings. The Balaban J connectivity index is 1.83. The van der Waals surface area contributed by atoms with Crippen molar-refractivity contribution >= 4 is 29.8 Å². The summed E-state index contributed by atoms with van der Waals surface area (Å²) >= 11 is 6.07. The Morgan fingerprint density at radius 1 is 1.21 bits per heavy atom. The topological polar surface area (TPSA) is 91.8 Å². The number of benzene rings is 2. The number of rotatable bonds is 5. The van der Waals surface area contributed by atoms with E-state index in [4.69, 9.17) is 16.3 Å². The molecule has 0 aromatic heterocycles. The van der Waals surface area contributed by atoms with Gasteiger partial charge >= 0.3 is 6.03 Å². The van der Waals surface area contributed by atoms with E-state index in [2.05, 4.69) is 21.2 Å². The first-order valence-electron chi connectivity index (χ1n) is 8.49. The molecule has 3 N–H and O–H groups in total. The molecule has 144 valence electrons. The number of halogens is 1. The van der Waals surface area contributed by atoms with Crippen LogP contribution in [0.1, 0.15) is 24.1 Å². The van der Waals surface area contributed by atoms with Crippen molar-refractivity contribution in [1.82, 2.24) is 16.1 Å². The molecule has 0 saturated carbocycles. The third-order valence-electron chi connectivity index (χ3n) is 4.24. The number of ether oxygens (including phenoxy) is 1. The Labute approximate surface area is 167 Å². The number of amides is 3. The van der Waals surface area contributed by atoms with Crippen molar-refractivity contribution in [3.63, 3.8) is 0 Å². The SMILES string of the molecule is COc1ccc([C@@H]2NC(=O)NC(C)=C2C(=O)NN=Cc2ccccc2Cl)cc1. The fraction of sp³-hybridized carbons (Fsp3) is 0.150. The van der Waals surface area contributed by atoms with Crippen LogP contribution in [0, 0.1) is 0 Å². The first-order chi connectivity index (χ1) is 13.5. The van der Waals surface area contributed by atoms with Gasteiger partial charge in [-0.1, -0.05) is 41.9 Å². The van der Waals surface area contributed by atoms with E-state index < -0.39 is 11.9 Å². The van der Waals surface area contributed by atoms with Crippen LogP contribution in [0.25, 0.3) is 0 Å². The second kappa shape index (κ2) is 8.58. The van der Waals surface area contributed by atoms with Gasteiger partial charge in [-0.2, -0.15) is 5.10 Å². The number of hydrazone groups is 1. The highest BCUT2D eigenvalue weighted by molar-refractivity contribution is 6.33. The van der Waals surface area contributed by atoms with E-state index in [0.29, 0.717) is 27.6 Å². The highest BCUT2D eigenvalue weighted by atomic mass is 35.5. The van der Waals surface area contributed by atoms with Crippen molar-refractivity contribution < 1.29 is 14.3 Å². The Kier molecular flexibility index (Phi) is 5.96. The zero-order valence-electron chi connectivity index (χ0n) is 15.3. The van der Waals surface area contributed by atoms with Crippen LogP contribution in [-0.2, 0) is 4.79 Å². The summed E-state index contributed by atoms with van der Waals surface area (Å²) in [5.74, 6) is 0.245. The summed E-state index contributed by atoms with van der Waals surface area (Å²) < 4.78 is 5.16. The van der Waals surface area contributed by atoms with Gasteiger partial charge in [0.2, 0.25) is 0 Å². The molecule has 0 saturated heterocycles. The van der Waals surface area contributed by atoms with Gasteiger partial charge in [0.25, 0.3) is 5.91 Å². The molecule has 1 atom stereocenters. The smallest absolute Gasteiger partial charge is 0.319 e. The van der Waals surface area contributed by atoms with Gasteiger partial charge in [-0.3, -0.25) is 4.79 Å². The second-order valence-corrected chi connectivity index (χ2v) is 6.47. The monoisotopic (exact) mass is 398 g/mol. The van der Waals surface area contributed by atoms with Gasteiger partial charge in [-0.05, 0) is 30.7 Å². The molecule has 0 radical (unpaired) electrons. The second-order valence-electron chi connectivity index (χ2n) is 6.06. The van der Waals surface area contributed by atoms with Crippen LogP contribution in [0.4, 0.5) is 4.79 Å². The summed E-state index contributed by atoms with van der Waals surface area (Å²) in [6, 6.07) is 13.3. The maximum Gasteiger partial charge on any atom is 0.319 e. The minimum absolute atomic E-state index is 0.362. The molecule has 0 fully saturated rings. The number of hydrogen-bond donors (Lipinski definition) is 3. The van der Waals surface area contributed by atoms with E-state index in [-0.39, 0.29) is 6.03 Å². The molecule has 2 aromatic carbocycles. The predicted octanol–water partition coefficient (Wildman–Crippen LogP) is 3.13. The molecule has 8 heteroatoms. The fourth-order valence-corrected chi connectivity index (χ4v) is 3.03. The Bertz CT molecular complexity index is 954. The van der Waals surface area contributed by atoms with Crippen molar-refractivity contribution in [2.75, 3.05) is 7.11 Å². The Morgan fingerprint density at radius 3 is 2.61 bits per heavy atom. The lowest BCUT2D eigenvalue weighted by molar-refractivity contribution is -0.117. The highest BCUT2D eigenvalue weighted by Crippen LogP contribution is 2.28. The predicted molar refractivity (Wildman–Crippen MR) is 107 cm³/mol. The summed E-state index contributed by atoms with van der Waals surface area (Å²) in [4.78, 5) is 24.7. The number of nitrogens with one attached hydrogen (secondary N) is 3. The standard InChI is InChI=1S/C20H19ClN4O3/c1-12-17(19(26)25-22-11-14-5-3-4-6-16(14)21)18(24-20(27)23-12)13-7-9-15(28-2)10-8-13/h3-11,18H,1-2H3,(H,25,26)(H2,23,24,27)/t18-/m0/s1. The number of methoxy groups -OCH3 is 1. The average Bonchev–Trinajstić information content (AvgIpc) is 2.69. The lowest BCUT2D eigenvalue weighted by Crippen LogP contribution is -2.46. The normalized spacial score (nSPS) is 16.5. The van der Waals surface area contributed by atoms with Crippen LogP contribution < -0.4 is 20.8 Å². The number of nitrogens with zero attached hydrogens (tertiary/aromatic N) is 1. The average molecular weight is 399 g/mol. The summed E-state index contributed by atoms with van der Waals surface area (Å²) in [6.45, 7) is 1.67. The van der Waals surface area contributed by atoms with Crippen molar-refractivity contribution in [2.45, 2.75) is 13.0 Å². The fourth-order valence-electron chi connectivity index (χ4n) is 2.84. The van der Waals surface area contributed by atoms with E-state index in [1.807, 2.05) is 12.1 Å². The molecular formula is C20H19ClN4O3. The quantitative estimate of drug-likeness (QED) is 0.533. The summed E-state index contributed by atoms with van der Waals surface area (Å²) in [7, 11) is 1.57. The number of allylic oxidation sites excluding steroid dienone is 1. The van der Waals surface area contributed by atoms with Gasteiger partial charge < -0.3 is 15.4 Å². The van der Waals surface area contributed by atoms with Crippen molar-refractivity contribution in [2.24, 2.45) is 5.10 Å². The molecule has 0 unspecified atom stereocenters. The highest BCUT2D eigenvalue weighted by Gasteiger charge is 2.31. The van der Waals surface area contributed by atoms with Crippen LogP contribution >= 0.6 is 11.6 Å². The Morgan fingerprint density at radius 2 is 1.93 bits per heavy atom. The maximum absolute atomic E-state index is 12.8. The molecule has 3 rings (SSSR count). The molecular weight excluding hydrogens is 380 g/mol. The Hall–Kier alpha value is -3.32. The molecule has 1 aliphatic heterocycles.